The Bertz CT molecular complexity index is 1270. The maximum absolute atomic E-state index is 14.5. The van der Waals surface area contributed by atoms with Crippen LogP contribution in [0.15, 0.2) is 55.1 Å². The van der Waals surface area contributed by atoms with Crippen molar-refractivity contribution in [2.75, 3.05) is 11.9 Å². The molecule has 4 aromatic heterocycles. The van der Waals surface area contributed by atoms with Gasteiger partial charge in [-0.3, -0.25) is 9.97 Å². The molecule has 0 aliphatic carbocycles. The molecule has 0 saturated heterocycles. The Kier molecular flexibility index (Phi) is 5.68. The molecule has 0 bridgehead atoms. The van der Waals surface area contributed by atoms with Gasteiger partial charge in [0.25, 0.3) is 0 Å². The van der Waals surface area contributed by atoms with Crippen molar-refractivity contribution in [2.45, 2.75) is 12.3 Å². The summed E-state index contributed by atoms with van der Waals surface area (Å²) in [4.78, 5) is 16.2. The molecular weight excluding hydrogens is 430 g/mol. The lowest BCUT2D eigenvalue weighted by atomic mass is 10.1. The van der Waals surface area contributed by atoms with Gasteiger partial charge in [-0.1, -0.05) is 0 Å². The Balaban J connectivity index is 1.64. The van der Waals surface area contributed by atoms with E-state index in [0.29, 0.717) is 22.7 Å². The van der Waals surface area contributed by atoms with Gasteiger partial charge in [0.1, 0.15) is 28.9 Å². The van der Waals surface area contributed by atoms with E-state index in [1.165, 1.54) is 24.7 Å². The lowest BCUT2D eigenvalue weighted by Crippen LogP contribution is -2.06. The molecule has 0 amide bonds. The number of halogens is 4. The molecule has 164 valence electrons. The second-order valence-corrected chi connectivity index (χ2v) is 6.81. The predicted octanol–water partition coefficient (Wildman–Crippen LogP) is 4.01. The van der Waals surface area contributed by atoms with E-state index in [9.17, 15) is 22.7 Å². The number of alkyl halides is 3. The van der Waals surface area contributed by atoms with Gasteiger partial charge in [-0.2, -0.15) is 13.2 Å². The summed E-state index contributed by atoms with van der Waals surface area (Å²) in [7, 11) is 0. The van der Waals surface area contributed by atoms with Crippen molar-refractivity contribution in [1.82, 2.24) is 19.9 Å². The molecule has 1 atom stereocenters. The molecule has 11 heteroatoms. The fraction of sp³-hybridized carbons (Fsp3) is 0.143. The third kappa shape index (κ3) is 4.34. The molecule has 0 radical (unpaired) electrons. The third-order valence-corrected chi connectivity index (χ3v) is 4.63. The zero-order valence-corrected chi connectivity index (χ0v) is 16.2. The number of aromatic nitrogens is 4. The normalized spacial score (nSPS) is 12.7. The smallest absolute Gasteiger partial charge is 0.393 e. The molecule has 0 aromatic carbocycles. The lowest BCUT2D eigenvalue weighted by molar-refractivity contribution is -0.137. The second kappa shape index (κ2) is 8.44. The number of nitrogens with one attached hydrogen (secondary N) is 1. The fourth-order valence-corrected chi connectivity index (χ4v) is 2.99. The highest BCUT2D eigenvalue weighted by Crippen LogP contribution is 2.30. The molecule has 0 fully saturated rings. The van der Waals surface area contributed by atoms with Crippen molar-refractivity contribution >= 4 is 22.5 Å². The van der Waals surface area contributed by atoms with Crippen molar-refractivity contribution in [1.29, 1.82) is 0 Å². The van der Waals surface area contributed by atoms with Crippen molar-refractivity contribution in [3.8, 4) is 11.3 Å². The summed E-state index contributed by atoms with van der Waals surface area (Å²) >= 11 is 0. The van der Waals surface area contributed by atoms with Crippen molar-refractivity contribution < 1.29 is 27.8 Å². The van der Waals surface area contributed by atoms with Gasteiger partial charge in [0.15, 0.2) is 5.82 Å². The summed E-state index contributed by atoms with van der Waals surface area (Å²) < 4.78 is 52.6. The quantitative estimate of drug-likeness (QED) is 0.399. The highest BCUT2D eigenvalue weighted by Gasteiger charge is 2.30. The van der Waals surface area contributed by atoms with E-state index in [1.807, 2.05) is 0 Å². The van der Waals surface area contributed by atoms with Gasteiger partial charge in [0, 0.05) is 41.3 Å². The van der Waals surface area contributed by atoms with Crippen LogP contribution in [-0.4, -0.2) is 36.8 Å². The third-order valence-electron chi connectivity index (χ3n) is 4.63. The largest absolute Gasteiger partial charge is 0.417 e. The molecule has 32 heavy (non-hydrogen) atoms. The van der Waals surface area contributed by atoms with Crippen LogP contribution in [0.4, 0.5) is 29.2 Å². The minimum atomic E-state index is -4.49. The van der Waals surface area contributed by atoms with Gasteiger partial charge in [-0.15, -0.1) is 0 Å². The van der Waals surface area contributed by atoms with E-state index >= 15 is 0 Å². The highest BCUT2D eigenvalue weighted by molar-refractivity contribution is 5.91. The molecule has 4 rings (SSSR count). The van der Waals surface area contributed by atoms with Crippen LogP contribution in [-0.2, 0) is 6.18 Å². The molecule has 0 unspecified atom stereocenters. The maximum atomic E-state index is 14.5. The number of aliphatic hydroxyl groups excluding tert-OH is 2. The number of aliphatic hydroxyl groups is 2. The Morgan fingerprint density at radius 1 is 0.969 bits per heavy atom. The summed E-state index contributed by atoms with van der Waals surface area (Å²) in [6.07, 6.45) is -0.907. The molecular formula is C21H15F4N5O2. The summed E-state index contributed by atoms with van der Waals surface area (Å²) in [5.74, 6) is -0.289. The lowest BCUT2D eigenvalue weighted by Gasteiger charge is -2.11. The standard InChI is InChI=1S/C21H15F4N5O2/c22-15-6-12(16(32)10-31)7-28-18(15)13-5-11-3-4-26-20(19(11)29-8-13)30-17-2-1-14(9-27-17)21(23,24)25/h1-9,16,31-32H,10H2,(H,26,27,30)/t16-/m0/s1. The van der Waals surface area contributed by atoms with Crippen molar-refractivity contribution in [3.05, 3.63) is 72.1 Å². The number of fused-ring (bicyclic) bond motifs is 1. The van der Waals surface area contributed by atoms with Crippen molar-refractivity contribution in [2.24, 2.45) is 0 Å². The second-order valence-electron chi connectivity index (χ2n) is 6.81. The molecule has 0 saturated carbocycles. The first-order valence-corrected chi connectivity index (χ1v) is 9.26. The SMILES string of the molecule is OC[C@H](O)c1cnc(-c2cnc3c(Nc4ccc(C(F)(F)F)cn4)nccc3c2)c(F)c1. The molecule has 0 aliphatic rings. The molecule has 4 heterocycles. The van der Waals surface area contributed by atoms with Crippen LogP contribution in [0.3, 0.4) is 0 Å². The van der Waals surface area contributed by atoms with Crippen LogP contribution in [0.5, 0.6) is 0 Å². The first kappa shape index (κ1) is 21.5. The predicted molar refractivity (Wildman–Crippen MR) is 107 cm³/mol. The van der Waals surface area contributed by atoms with E-state index in [1.54, 1.807) is 12.1 Å². The van der Waals surface area contributed by atoms with Crippen LogP contribution in [0, 0.1) is 5.82 Å². The summed E-state index contributed by atoms with van der Waals surface area (Å²) in [5, 5.41) is 22.0. The molecule has 4 aromatic rings. The van der Waals surface area contributed by atoms with Gasteiger partial charge in [0.05, 0.1) is 12.2 Å². The number of hydrogen-bond donors (Lipinski definition) is 3. The Labute approximate surface area is 178 Å². The van der Waals surface area contributed by atoms with E-state index in [4.69, 9.17) is 5.11 Å². The van der Waals surface area contributed by atoms with E-state index in [2.05, 4.69) is 25.3 Å². The first-order chi connectivity index (χ1) is 15.3. The average Bonchev–Trinajstić information content (AvgIpc) is 2.78. The summed E-state index contributed by atoms with van der Waals surface area (Å²) in [6.45, 7) is -0.561. The van der Waals surface area contributed by atoms with E-state index in [0.717, 1.165) is 12.1 Å². The van der Waals surface area contributed by atoms with E-state index < -0.39 is 30.3 Å². The zero-order valence-electron chi connectivity index (χ0n) is 16.2. The van der Waals surface area contributed by atoms with Crippen molar-refractivity contribution in [3.63, 3.8) is 0 Å². The number of pyridine rings is 4. The van der Waals surface area contributed by atoms with Crippen LogP contribution in [0.1, 0.15) is 17.2 Å². The number of rotatable bonds is 5. The van der Waals surface area contributed by atoms with E-state index in [-0.39, 0.29) is 22.9 Å². The Hall–Kier alpha value is -3.70. The number of anilines is 2. The number of nitrogens with zero attached hydrogens (tertiary/aromatic N) is 4. The van der Waals surface area contributed by atoms with Crippen LogP contribution >= 0.6 is 0 Å². The summed E-state index contributed by atoms with van der Waals surface area (Å²) in [6, 6.07) is 6.43. The number of hydrogen-bond acceptors (Lipinski definition) is 7. The van der Waals surface area contributed by atoms with Gasteiger partial charge in [0.2, 0.25) is 0 Å². The molecule has 0 spiro atoms. The monoisotopic (exact) mass is 445 g/mol. The topological polar surface area (TPSA) is 104 Å². The summed E-state index contributed by atoms with van der Waals surface area (Å²) in [5.41, 5.74) is 0.0329. The minimum absolute atomic E-state index is 0.00372. The minimum Gasteiger partial charge on any atom is -0.393 e. The zero-order chi connectivity index (χ0) is 22.9. The maximum Gasteiger partial charge on any atom is 0.417 e. The van der Waals surface area contributed by atoms with Gasteiger partial charge >= 0.3 is 6.18 Å². The van der Waals surface area contributed by atoms with Crippen LogP contribution in [0.2, 0.25) is 0 Å². The van der Waals surface area contributed by atoms with Gasteiger partial charge in [-0.05, 0) is 30.3 Å². The molecule has 0 aliphatic heterocycles. The Morgan fingerprint density at radius 2 is 1.78 bits per heavy atom. The average molecular weight is 445 g/mol. The van der Waals surface area contributed by atoms with Gasteiger partial charge < -0.3 is 15.5 Å². The highest BCUT2D eigenvalue weighted by atomic mass is 19.4. The fourth-order valence-electron chi connectivity index (χ4n) is 2.99. The first-order valence-electron chi connectivity index (χ1n) is 9.26. The molecule has 7 nitrogen and oxygen atoms in total. The molecule has 3 N–H and O–H groups in total. The van der Waals surface area contributed by atoms with Crippen LogP contribution in [0.25, 0.3) is 22.2 Å². The van der Waals surface area contributed by atoms with Crippen LogP contribution < -0.4 is 5.32 Å². The Morgan fingerprint density at radius 3 is 2.44 bits per heavy atom. The van der Waals surface area contributed by atoms with Gasteiger partial charge in [-0.25, -0.2) is 14.4 Å².